The number of hydrogen-bond acceptors (Lipinski definition) is 4. The molecule has 5 nitrogen and oxygen atoms in total. The Balaban J connectivity index is 1.72. The molecule has 1 saturated carbocycles. The molecule has 1 fully saturated rings. The molecule has 1 heterocycles. The summed E-state index contributed by atoms with van der Waals surface area (Å²) in [5.41, 5.74) is 0.0412. The zero-order valence-corrected chi connectivity index (χ0v) is 14.4. The number of phenols is 1. The van der Waals surface area contributed by atoms with Crippen molar-refractivity contribution in [3.05, 3.63) is 54.0 Å². The van der Waals surface area contributed by atoms with E-state index >= 15 is 0 Å². The van der Waals surface area contributed by atoms with E-state index in [2.05, 4.69) is 0 Å². The Morgan fingerprint density at radius 1 is 1.08 bits per heavy atom. The molecule has 0 atom stereocenters. The summed E-state index contributed by atoms with van der Waals surface area (Å²) in [6.45, 7) is 0.776. The van der Waals surface area contributed by atoms with Gasteiger partial charge in [-0.2, -0.15) is 0 Å². The summed E-state index contributed by atoms with van der Waals surface area (Å²) >= 11 is 0. The summed E-state index contributed by atoms with van der Waals surface area (Å²) in [5, 5.41) is 20.1. The maximum Gasteiger partial charge on any atom is 0.226 e. The van der Waals surface area contributed by atoms with E-state index in [9.17, 15) is 15.0 Å². The summed E-state index contributed by atoms with van der Waals surface area (Å²) in [7, 11) is 0. The van der Waals surface area contributed by atoms with E-state index < -0.39 is 5.60 Å². The van der Waals surface area contributed by atoms with Crippen molar-refractivity contribution in [3.8, 4) is 5.75 Å². The van der Waals surface area contributed by atoms with Gasteiger partial charge in [-0.1, -0.05) is 31.4 Å². The average Bonchev–Trinajstić information content (AvgIpc) is 3.09. The largest absolute Gasteiger partial charge is 0.508 e. The average molecular weight is 343 g/mol. The molecule has 0 saturated heterocycles. The van der Waals surface area contributed by atoms with Crippen LogP contribution in [0.4, 0.5) is 0 Å². The van der Waals surface area contributed by atoms with Crippen LogP contribution in [0.3, 0.4) is 0 Å². The maximum absolute atomic E-state index is 12.9. The highest BCUT2D eigenvalue weighted by molar-refractivity contribution is 5.77. The SMILES string of the molecule is O=C(CC1(O)CCCCC1)N(Cc1ccc(O)cc1)Cc1ccco1. The van der Waals surface area contributed by atoms with Crippen molar-refractivity contribution in [1.82, 2.24) is 4.90 Å². The van der Waals surface area contributed by atoms with Crippen LogP contribution in [0, 0.1) is 0 Å². The summed E-state index contributed by atoms with van der Waals surface area (Å²) in [6.07, 6.45) is 6.18. The molecule has 0 unspecified atom stereocenters. The van der Waals surface area contributed by atoms with Crippen LogP contribution >= 0.6 is 0 Å². The van der Waals surface area contributed by atoms with E-state index in [1.54, 1.807) is 41.5 Å². The highest BCUT2D eigenvalue weighted by Crippen LogP contribution is 2.31. The van der Waals surface area contributed by atoms with E-state index in [1.165, 1.54) is 0 Å². The Hall–Kier alpha value is -2.27. The van der Waals surface area contributed by atoms with Crippen molar-refractivity contribution in [2.75, 3.05) is 0 Å². The molecule has 2 aromatic rings. The molecule has 1 amide bonds. The van der Waals surface area contributed by atoms with Crippen LogP contribution in [0.2, 0.25) is 0 Å². The molecule has 1 aromatic heterocycles. The fourth-order valence-corrected chi connectivity index (χ4v) is 3.42. The first-order valence-electron chi connectivity index (χ1n) is 8.85. The van der Waals surface area contributed by atoms with E-state index in [-0.39, 0.29) is 18.1 Å². The molecular formula is C20H25NO4. The van der Waals surface area contributed by atoms with Crippen molar-refractivity contribution < 1.29 is 19.4 Å². The number of phenolic OH excluding ortho intramolecular Hbond substituents is 1. The summed E-state index contributed by atoms with van der Waals surface area (Å²) in [5.74, 6) is 0.834. The van der Waals surface area contributed by atoms with Gasteiger partial charge >= 0.3 is 0 Å². The third kappa shape index (κ3) is 4.86. The first-order chi connectivity index (χ1) is 12.0. The number of rotatable bonds is 6. The van der Waals surface area contributed by atoms with Gasteiger partial charge in [0.1, 0.15) is 11.5 Å². The number of aromatic hydroxyl groups is 1. The van der Waals surface area contributed by atoms with Gasteiger partial charge in [0.05, 0.1) is 24.8 Å². The first-order valence-corrected chi connectivity index (χ1v) is 8.85. The maximum atomic E-state index is 12.9. The van der Waals surface area contributed by atoms with Crippen molar-refractivity contribution >= 4 is 5.91 Å². The van der Waals surface area contributed by atoms with E-state index in [0.29, 0.717) is 31.7 Å². The Morgan fingerprint density at radius 3 is 2.44 bits per heavy atom. The topological polar surface area (TPSA) is 73.9 Å². The van der Waals surface area contributed by atoms with Crippen LogP contribution in [-0.4, -0.2) is 26.6 Å². The van der Waals surface area contributed by atoms with Crippen LogP contribution in [0.15, 0.2) is 47.1 Å². The zero-order chi connectivity index (χ0) is 17.7. The number of nitrogens with zero attached hydrogens (tertiary/aromatic N) is 1. The number of aliphatic hydroxyl groups is 1. The molecule has 0 spiro atoms. The van der Waals surface area contributed by atoms with Gasteiger partial charge in [0.2, 0.25) is 5.91 Å². The lowest BCUT2D eigenvalue weighted by Crippen LogP contribution is -2.40. The molecular weight excluding hydrogens is 318 g/mol. The van der Waals surface area contributed by atoms with Crippen LogP contribution in [0.5, 0.6) is 5.75 Å². The minimum Gasteiger partial charge on any atom is -0.508 e. The van der Waals surface area contributed by atoms with Crippen molar-refractivity contribution in [1.29, 1.82) is 0 Å². The molecule has 0 bridgehead atoms. The number of carbonyl (C=O) groups excluding carboxylic acids is 1. The second-order valence-corrected chi connectivity index (χ2v) is 6.96. The summed E-state index contributed by atoms with van der Waals surface area (Å²) < 4.78 is 5.39. The van der Waals surface area contributed by atoms with E-state index in [1.807, 2.05) is 6.07 Å². The number of hydrogen-bond donors (Lipinski definition) is 2. The van der Waals surface area contributed by atoms with Gasteiger partial charge in [0, 0.05) is 6.54 Å². The second kappa shape index (κ2) is 7.74. The third-order valence-electron chi connectivity index (χ3n) is 4.85. The molecule has 1 aliphatic carbocycles. The Labute approximate surface area is 147 Å². The lowest BCUT2D eigenvalue weighted by atomic mass is 9.82. The van der Waals surface area contributed by atoms with Crippen LogP contribution in [-0.2, 0) is 17.9 Å². The first kappa shape index (κ1) is 17.5. The molecule has 2 N–H and O–H groups in total. The fraction of sp³-hybridized carbons (Fsp3) is 0.450. The quantitative estimate of drug-likeness (QED) is 0.840. The van der Waals surface area contributed by atoms with Gasteiger partial charge in [0.25, 0.3) is 0 Å². The number of carbonyl (C=O) groups is 1. The highest BCUT2D eigenvalue weighted by atomic mass is 16.3. The summed E-state index contributed by atoms with van der Waals surface area (Å²) in [6, 6.07) is 10.5. The normalized spacial score (nSPS) is 16.5. The molecule has 3 rings (SSSR count). The molecule has 0 aliphatic heterocycles. The van der Waals surface area contributed by atoms with Crippen molar-refractivity contribution in [2.45, 2.75) is 57.2 Å². The minimum absolute atomic E-state index is 0.0751. The molecule has 5 heteroatoms. The van der Waals surface area contributed by atoms with Gasteiger partial charge in [-0.25, -0.2) is 0 Å². The van der Waals surface area contributed by atoms with Crippen LogP contribution in [0.25, 0.3) is 0 Å². The molecule has 25 heavy (non-hydrogen) atoms. The predicted molar refractivity (Wildman–Crippen MR) is 93.7 cm³/mol. The summed E-state index contributed by atoms with van der Waals surface area (Å²) in [4.78, 5) is 14.6. The van der Waals surface area contributed by atoms with Gasteiger partial charge in [-0.3, -0.25) is 4.79 Å². The number of benzene rings is 1. The van der Waals surface area contributed by atoms with Crippen LogP contribution < -0.4 is 0 Å². The van der Waals surface area contributed by atoms with Crippen LogP contribution in [0.1, 0.15) is 49.8 Å². The second-order valence-electron chi connectivity index (χ2n) is 6.96. The highest BCUT2D eigenvalue weighted by Gasteiger charge is 2.33. The molecule has 1 aromatic carbocycles. The smallest absolute Gasteiger partial charge is 0.226 e. The minimum atomic E-state index is -0.883. The van der Waals surface area contributed by atoms with Gasteiger partial charge in [0.15, 0.2) is 0 Å². The standard InChI is InChI=1S/C20H25NO4/c22-17-8-6-16(7-9-17)14-21(15-18-5-4-12-25-18)19(23)13-20(24)10-2-1-3-11-20/h4-9,12,22,24H,1-3,10-11,13-15H2. The monoisotopic (exact) mass is 343 g/mol. The Bertz CT molecular complexity index is 672. The van der Waals surface area contributed by atoms with Gasteiger partial charge in [-0.15, -0.1) is 0 Å². The molecule has 0 radical (unpaired) electrons. The van der Waals surface area contributed by atoms with Gasteiger partial charge in [-0.05, 0) is 42.7 Å². The van der Waals surface area contributed by atoms with Crippen molar-refractivity contribution in [2.24, 2.45) is 0 Å². The number of amides is 1. The third-order valence-corrected chi connectivity index (χ3v) is 4.85. The van der Waals surface area contributed by atoms with Gasteiger partial charge < -0.3 is 19.5 Å². The lowest BCUT2D eigenvalue weighted by molar-refractivity contribution is -0.139. The molecule has 1 aliphatic rings. The number of furan rings is 1. The zero-order valence-electron chi connectivity index (χ0n) is 14.4. The predicted octanol–water partition coefficient (Wildman–Crippen LogP) is 3.60. The molecule has 134 valence electrons. The fourth-order valence-electron chi connectivity index (χ4n) is 3.42. The van der Waals surface area contributed by atoms with Crippen molar-refractivity contribution in [3.63, 3.8) is 0 Å². The Morgan fingerprint density at radius 2 is 1.80 bits per heavy atom. The van der Waals surface area contributed by atoms with E-state index in [0.717, 1.165) is 24.8 Å². The lowest BCUT2D eigenvalue weighted by Gasteiger charge is -2.33. The Kier molecular flexibility index (Phi) is 5.43. The van der Waals surface area contributed by atoms with E-state index in [4.69, 9.17) is 4.42 Å².